The van der Waals surface area contributed by atoms with Crippen molar-refractivity contribution in [2.24, 2.45) is 0 Å². The molecule has 1 amide bonds. The van der Waals surface area contributed by atoms with Crippen LogP contribution < -0.4 is 0 Å². The predicted molar refractivity (Wildman–Crippen MR) is 94.7 cm³/mol. The molecule has 0 N–H and O–H groups in total. The Morgan fingerprint density at radius 2 is 1.74 bits per heavy atom. The summed E-state index contributed by atoms with van der Waals surface area (Å²) >= 11 is 0. The first kappa shape index (κ1) is 18.1. The number of nitrogens with zero attached hydrogens (tertiary/aromatic N) is 3. The van der Waals surface area contributed by atoms with Gasteiger partial charge in [0.05, 0.1) is 5.69 Å². The molecule has 0 radical (unpaired) electrons. The lowest BCUT2D eigenvalue weighted by atomic mass is 9.95. The molecule has 1 aromatic heterocycles. The molecule has 0 spiro atoms. The van der Waals surface area contributed by atoms with Crippen LogP contribution in [0, 0.1) is 0 Å². The summed E-state index contributed by atoms with van der Waals surface area (Å²) in [7, 11) is 0. The number of hydrogen-bond acceptors (Lipinski definition) is 2. The van der Waals surface area contributed by atoms with Crippen molar-refractivity contribution in [2.75, 3.05) is 13.1 Å². The first-order valence-electron chi connectivity index (χ1n) is 9.48. The molecule has 4 rings (SSSR count). The molecule has 1 saturated heterocycles. The molecule has 1 aliphatic carbocycles. The van der Waals surface area contributed by atoms with Crippen LogP contribution >= 0.6 is 0 Å². The summed E-state index contributed by atoms with van der Waals surface area (Å²) in [5.41, 5.74) is 2.02. The van der Waals surface area contributed by atoms with Crippen LogP contribution in [-0.2, 0) is 30.2 Å². The van der Waals surface area contributed by atoms with Crippen LogP contribution in [0.5, 0.6) is 0 Å². The molecule has 2 heterocycles. The summed E-state index contributed by atoms with van der Waals surface area (Å²) in [5, 5.41) is 3.92. The van der Waals surface area contributed by atoms with Gasteiger partial charge < -0.3 is 4.90 Å². The van der Waals surface area contributed by atoms with Crippen LogP contribution in [0.25, 0.3) is 5.69 Å². The van der Waals surface area contributed by atoms with Gasteiger partial charge in [0.25, 0.3) is 0 Å². The molecule has 27 heavy (non-hydrogen) atoms. The van der Waals surface area contributed by atoms with E-state index < -0.39 is 11.9 Å². The topological polar surface area (TPSA) is 38.1 Å². The number of hydrogen-bond donors (Lipinski definition) is 0. The molecule has 1 fully saturated rings. The molecule has 1 aromatic carbocycles. The van der Waals surface area contributed by atoms with E-state index in [1.165, 1.54) is 4.68 Å². The molecule has 2 aromatic rings. The number of halogens is 3. The minimum atomic E-state index is -4.42. The molecule has 0 atom stereocenters. The normalized spacial score (nSPS) is 17.4. The van der Waals surface area contributed by atoms with Gasteiger partial charge in [0.1, 0.15) is 0 Å². The van der Waals surface area contributed by atoms with E-state index in [0.29, 0.717) is 42.8 Å². The Labute approximate surface area is 156 Å². The van der Waals surface area contributed by atoms with Crippen LogP contribution in [0.4, 0.5) is 13.2 Å². The Bertz CT molecular complexity index is 839. The monoisotopic (exact) mass is 377 g/mol. The van der Waals surface area contributed by atoms with Crippen LogP contribution in [-0.4, -0.2) is 33.7 Å². The lowest BCUT2D eigenvalue weighted by Crippen LogP contribution is -2.26. The summed E-state index contributed by atoms with van der Waals surface area (Å²) in [4.78, 5) is 13.5. The zero-order chi connectivity index (χ0) is 19.0. The number of amides is 1. The summed E-state index contributed by atoms with van der Waals surface area (Å²) in [5.74, 6) is 0.203. The average molecular weight is 377 g/mol. The zero-order valence-electron chi connectivity index (χ0n) is 15.1. The molecule has 0 bridgehead atoms. The molecule has 2 aliphatic rings. The van der Waals surface area contributed by atoms with Crippen LogP contribution in [0.1, 0.15) is 48.2 Å². The first-order chi connectivity index (χ1) is 12.9. The van der Waals surface area contributed by atoms with Crippen molar-refractivity contribution in [3.05, 3.63) is 46.8 Å². The molecule has 1 aliphatic heterocycles. The van der Waals surface area contributed by atoms with Gasteiger partial charge in [-0.05, 0) is 56.2 Å². The van der Waals surface area contributed by atoms with E-state index in [-0.39, 0.29) is 5.91 Å². The zero-order valence-corrected chi connectivity index (χ0v) is 15.1. The number of rotatable bonds is 4. The van der Waals surface area contributed by atoms with Gasteiger partial charge in [0, 0.05) is 30.8 Å². The van der Waals surface area contributed by atoms with Crippen molar-refractivity contribution in [1.82, 2.24) is 14.7 Å². The molecule has 0 saturated carbocycles. The Balaban J connectivity index is 1.55. The highest BCUT2D eigenvalue weighted by Gasteiger charge is 2.39. The van der Waals surface area contributed by atoms with Crippen LogP contribution in [0.15, 0.2) is 24.3 Å². The van der Waals surface area contributed by atoms with Crippen molar-refractivity contribution >= 4 is 5.91 Å². The Hall–Kier alpha value is -2.31. The maximum absolute atomic E-state index is 13.3. The van der Waals surface area contributed by atoms with Gasteiger partial charge in [-0.25, -0.2) is 4.68 Å². The Kier molecular flexibility index (Phi) is 4.70. The third-order valence-corrected chi connectivity index (χ3v) is 5.47. The maximum atomic E-state index is 13.3. The van der Waals surface area contributed by atoms with Crippen molar-refractivity contribution in [2.45, 2.75) is 51.1 Å². The number of aromatic nitrogens is 2. The standard InChI is InChI=1S/C20H22F3N3O/c21-20(22,23)19-16-4-1-2-5-17(16)26(24-19)15-9-7-14(8-10-15)11-13-25-12-3-6-18(25)27/h7-10H,1-6,11-13H2. The van der Waals surface area contributed by atoms with E-state index in [1.807, 2.05) is 29.2 Å². The Morgan fingerprint density at radius 1 is 1.00 bits per heavy atom. The average Bonchev–Trinajstić information content (AvgIpc) is 3.24. The van der Waals surface area contributed by atoms with Gasteiger partial charge in [0.15, 0.2) is 5.69 Å². The summed E-state index contributed by atoms with van der Waals surface area (Å²) < 4.78 is 41.5. The van der Waals surface area contributed by atoms with Gasteiger partial charge in [-0.3, -0.25) is 4.79 Å². The molecular weight excluding hydrogens is 355 g/mol. The van der Waals surface area contributed by atoms with E-state index in [9.17, 15) is 18.0 Å². The highest BCUT2D eigenvalue weighted by molar-refractivity contribution is 5.78. The van der Waals surface area contributed by atoms with Crippen molar-refractivity contribution in [3.63, 3.8) is 0 Å². The second-order valence-corrected chi connectivity index (χ2v) is 7.29. The second-order valence-electron chi connectivity index (χ2n) is 7.29. The highest BCUT2D eigenvalue weighted by atomic mass is 19.4. The van der Waals surface area contributed by atoms with E-state index in [0.717, 1.165) is 37.8 Å². The highest BCUT2D eigenvalue weighted by Crippen LogP contribution is 2.36. The number of carbonyl (C=O) groups excluding carboxylic acids is 1. The SMILES string of the molecule is O=C1CCCN1CCc1ccc(-n2nc(C(F)(F)F)c3c2CCCC3)cc1. The predicted octanol–water partition coefficient (Wildman–Crippen LogP) is 3.93. The minimum Gasteiger partial charge on any atom is -0.342 e. The fourth-order valence-corrected chi connectivity index (χ4v) is 4.05. The van der Waals surface area contributed by atoms with E-state index in [4.69, 9.17) is 0 Å². The summed E-state index contributed by atoms with van der Waals surface area (Å²) in [6, 6.07) is 7.48. The fourth-order valence-electron chi connectivity index (χ4n) is 4.05. The minimum absolute atomic E-state index is 0.203. The molecule has 144 valence electrons. The lowest BCUT2D eigenvalue weighted by molar-refractivity contribution is -0.142. The molecule has 7 heteroatoms. The third kappa shape index (κ3) is 3.59. The quantitative estimate of drug-likeness (QED) is 0.810. The lowest BCUT2D eigenvalue weighted by Gasteiger charge is -2.16. The fraction of sp³-hybridized carbons (Fsp3) is 0.500. The van der Waals surface area contributed by atoms with E-state index in [1.54, 1.807) is 0 Å². The summed E-state index contributed by atoms with van der Waals surface area (Å²) in [6.07, 6.45) is 0.595. The third-order valence-electron chi connectivity index (χ3n) is 5.47. The van der Waals surface area contributed by atoms with Gasteiger partial charge in [0.2, 0.25) is 5.91 Å². The van der Waals surface area contributed by atoms with Gasteiger partial charge in [-0.1, -0.05) is 12.1 Å². The maximum Gasteiger partial charge on any atom is 0.435 e. The van der Waals surface area contributed by atoms with Gasteiger partial charge in [-0.2, -0.15) is 18.3 Å². The van der Waals surface area contributed by atoms with E-state index >= 15 is 0 Å². The summed E-state index contributed by atoms with van der Waals surface area (Å²) in [6.45, 7) is 1.50. The molecule has 4 nitrogen and oxygen atoms in total. The van der Waals surface area contributed by atoms with Crippen molar-refractivity contribution in [1.29, 1.82) is 0 Å². The number of likely N-dealkylation sites (tertiary alicyclic amines) is 1. The van der Waals surface area contributed by atoms with Gasteiger partial charge in [-0.15, -0.1) is 0 Å². The van der Waals surface area contributed by atoms with Crippen LogP contribution in [0.3, 0.4) is 0 Å². The molecular formula is C20H22F3N3O. The number of alkyl halides is 3. The number of carbonyl (C=O) groups is 1. The molecule has 0 unspecified atom stereocenters. The number of fused-ring (bicyclic) bond motifs is 1. The van der Waals surface area contributed by atoms with Gasteiger partial charge >= 0.3 is 6.18 Å². The van der Waals surface area contributed by atoms with E-state index in [2.05, 4.69) is 5.10 Å². The first-order valence-corrected chi connectivity index (χ1v) is 9.48. The van der Waals surface area contributed by atoms with Crippen LogP contribution in [0.2, 0.25) is 0 Å². The Morgan fingerprint density at radius 3 is 2.41 bits per heavy atom. The second kappa shape index (κ2) is 7.02. The van der Waals surface area contributed by atoms with Crippen molar-refractivity contribution in [3.8, 4) is 5.69 Å². The largest absolute Gasteiger partial charge is 0.435 e. The number of benzene rings is 1. The van der Waals surface area contributed by atoms with Crippen molar-refractivity contribution < 1.29 is 18.0 Å². The smallest absolute Gasteiger partial charge is 0.342 e.